The van der Waals surface area contributed by atoms with Gasteiger partial charge in [-0.25, -0.2) is 0 Å². The van der Waals surface area contributed by atoms with Gasteiger partial charge < -0.3 is 14.6 Å². The van der Waals surface area contributed by atoms with Crippen molar-refractivity contribution in [2.24, 2.45) is 29.6 Å². The maximum Gasteiger partial charge on any atom is 0.319 e. The van der Waals surface area contributed by atoms with E-state index in [1.54, 1.807) is 13.8 Å². The Morgan fingerprint density at radius 3 is 2.09 bits per heavy atom. The molecule has 5 heteroatoms. The summed E-state index contributed by atoms with van der Waals surface area (Å²) in [5, 5.41) is 8.61. The highest BCUT2D eigenvalue weighted by molar-refractivity contribution is 5.90. The van der Waals surface area contributed by atoms with Crippen molar-refractivity contribution in [3.8, 4) is 0 Å². The highest BCUT2D eigenvalue weighted by atomic mass is 16.7. The second-order valence-electron chi connectivity index (χ2n) is 7.85. The van der Waals surface area contributed by atoms with Gasteiger partial charge in [0.15, 0.2) is 0 Å². The summed E-state index contributed by atoms with van der Waals surface area (Å²) in [6.07, 6.45) is 6.14. The van der Waals surface area contributed by atoms with Crippen LogP contribution in [0, 0.1) is 29.6 Å². The van der Waals surface area contributed by atoms with E-state index < -0.39 is 24.1 Å². The Morgan fingerprint density at radius 2 is 1.59 bits per heavy atom. The Kier molecular flexibility index (Phi) is 4.19. The molecule has 0 aliphatic heterocycles. The maximum atomic E-state index is 11.5. The van der Waals surface area contributed by atoms with Crippen LogP contribution in [-0.4, -0.2) is 29.4 Å². The third-order valence-electron chi connectivity index (χ3n) is 5.70. The van der Waals surface area contributed by atoms with Gasteiger partial charge in [-0.1, -0.05) is 0 Å². The molecule has 4 rings (SSSR count). The quantitative estimate of drug-likeness (QED) is 0.464. The number of aliphatic carboxylic acids is 1. The summed E-state index contributed by atoms with van der Waals surface area (Å²) < 4.78 is 11.0. The summed E-state index contributed by atoms with van der Waals surface area (Å²) in [5.74, 6) is 0.986. The van der Waals surface area contributed by atoms with Gasteiger partial charge >= 0.3 is 11.9 Å². The van der Waals surface area contributed by atoms with Crippen molar-refractivity contribution in [2.45, 2.75) is 58.2 Å². The van der Waals surface area contributed by atoms with E-state index in [-0.39, 0.29) is 0 Å². The molecule has 0 atom stereocenters. The van der Waals surface area contributed by atoms with Crippen LogP contribution < -0.4 is 0 Å². The highest BCUT2D eigenvalue weighted by Gasteiger charge is 2.48. The molecule has 4 aliphatic rings. The summed E-state index contributed by atoms with van der Waals surface area (Å²) in [5.41, 5.74) is 0. The lowest BCUT2D eigenvalue weighted by Crippen LogP contribution is -2.47. The molecule has 0 aromatic carbocycles. The van der Waals surface area contributed by atoms with Gasteiger partial charge in [-0.2, -0.15) is 0 Å². The minimum absolute atomic E-state index is 0.574. The number of ether oxygens (including phenoxy) is 2. The topological polar surface area (TPSA) is 72.8 Å². The van der Waals surface area contributed by atoms with Crippen molar-refractivity contribution in [3.05, 3.63) is 0 Å². The van der Waals surface area contributed by atoms with Crippen molar-refractivity contribution in [2.75, 3.05) is 6.61 Å². The van der Waals surface area contributed by atoms with E-state index in [1.807, 2.05) is 0 Å². The van der Waals surface area contributed by atoms with Crippen LogP contribution in [0.1, 0.15) is 52.4 Å². The molecule has 124 valence electrons. The number of carboxylic acids is 1. The van der Waals surface area contributed by atoms with Crippen LogP contribution in [0.3, 0.4) is 0 Å². The number of rotatable bonds is 6. The van der Waals surface area contributed by atoms with Crippen LogP contribution in [0.15, 0.2) is 0 Å². The second kappa shape index (κ2) is 5.84. The molecule has 4 fully saturated rings. The smallest absolute Gasteiger partial charge is 0.319 e. The zero-order valence-electron chi connectivity index (χ0n) is 13.4. The first-order valence-corrected chi connectivity index (χ1v) is 8.40. The van der Waals surface area contributed by atoms with E-state index in [9.17, 15) is 9.59 Å². The molecular weight excluding hydrogens is 284 g/mol. The van der Waals surface area contributed by atoms with Crippen molar-refractivity contribution >= 4 is 11.9 Å². The van der Waals surface area contributed by atoms with Gasteiger partial charge in [-0.05, 0) is 61.7 Å². The standard InChI is InChI=1S/C17H26O5/c1-17(2,22-16(20)8-15(18)19)21-9-14-12-4-10-3-11(6-12)7-13(14)5-10/h10-14H,3-9H2,1-2H3,(H,18,19). The SMILES string of the molecule is CC(C)(OCC1C2CC3CC(C2)CC1C3)OC(=O)CC(=O)O. The molecule has 4 bridgehead atoms. The minimum atomic E-state index is -1.18. The van der Waals surface area contributed by atoms with Crippen LogP contribution in [0.2, 0.25) is 0 Å². The predicted octanol–water partition coefficient (Wildman–Crippen LogP) is 2.83. The van der Waals surface area contributed by atoms with Crippen LogP contribution in [0.4, 0.5) is 0 Å². The maximum absolute atomic E-state index is 11.5. The average Bonchev–Trinajstić information content (AvgIpc) is 2.34. The summed E-state index contributed by atoms with van der Waals surface area (Å²) >= 11 is 0. The molecule has 4 aliphatic carbocycles. The molecule has 0 amide bonds. The number of carbonyl (C=O) groups excluding carboxylic acids is 1. The summed E-state index contributed by atoms with van der Waals surface area (Å²) in [6, 6.07) is 0. The van der Waals surface area contributed by atoms with Gasteiger partial charge in [0.25, 0.3) is 0 Å². The highest BCUT2D eigenvalue weighted by Crippen LogP contribution is 2.56. The van der Waals surface area contributed by atoms with Crippen molar-refractivity contribution in [1.29, 1.82) is 0 Å². The fourth-order valence-electron chi connectivity index (χ4n) is 5.07. The van der Waals surface area contributed by atoms with Crippen LogP contribution in [-0.2, 0) is 19.1 Å². The second-order valence-corrected chi connectivity index (χ2v) is 7.85. The molecule has 0 heterocycles. The molecular formula is C17H26O5. The number of carbonyl (C=O) groups is 2. The van der Waals surface area contributed by atoms with Crippen molar-refractivity contribution < 1.29 is 24.2 Å². The third-order valence-corrected chi connectivity index (χ3v) is 5.70. The van der Waals surface area contributed by atoms with Gasteiger partial charge in [-0.15, -0.1) is 0 Å². The van der Waals surface area contributed by atoms with E-state index in [1.165, 1.54) is 32.1 Å². The molecule has 0 radical (unpaired) electrons. The largest absolute Gasteiger partial charge is 0.481 e. The zero-order valence-corrected chi connectivity index (χ0v) is 13.4. The summed E-state index contributed by atoms with van der Waals surface area (Å²) in [4.78, 5) is 22.0. The molecule has 0 spiro atoms. The lowest BCUT2D eigenvalue weighted by molar-refractivity contribution is -0.228. The van der Waals surface area contributed by atoms with E-state index in [0.29, 0.717) is 12.5 Å². The molecule has 22 heavy (non-hydrogen) atoms. The third kappa shape index (κ3) is 3.45. The first-order chi connectivity index (χ1) is 10.3. The molecule has 0 aromatic rings. The number of hydrogen-bond donors (Lipinski definition) is 1. The first-order valence-electron chi connectivity index (χ1n) is 8.40. The summed E-state index contributed by atoms with van der Waals surface area (Å²) in [7, 11) is 0. The van der Waals surface area contributed by atoms with E-state index in [2.05, 4.69) is 0 Å². The van der Waals surface area contributed by atoms with E-state index in [0.717, 1.165) is 23.7 Å². The normalized spacial score (nSPS) is 36.4. The van der Waals surface area contributed by atoms with Crippen molar-refractivity contribution in [3.63, 3.8) is 0 Å². The average molecular weight is 310 g/mol. The fourth-order valence-corrected chi connectivity index (χ4v) is 5.07. The molecule has 1 N–H and O–H groups in total. The number of esters is 1. The summed E-state index contributed by atoms with van der Waals surface area (Å²) in [6.45, 7) is 3.98. The lowest BCUT2D eigenvalue weighted by atomic mass is 9.52. The van der Waals surface area contributed by atoms with Crippen LogP contribution in [0.5, 0.6) is 0 Å². The number of hydrogen-bond acceptors (Lipinski definition) is 4. The molecule has 4 saturated carbocycles. The Hall–Kier alpha value is -1.10. The monoisotopic (exact) mass is 310 g/mol. The van der Waals surface area contributed by atoms with Gasteiger partial charge in [0, 0.05) is 13.8 Å². The van der Waals surface area contributed by atoms with Crippen LogP contribution in [0.25, 0.3) is 0 Å². The van der Waals surface area contributed by atoms with Gasteiger partial charge in [-0.3, -0.25) is 9.59 Å². The Bertz CT molecular complexity index is 428. The molecule has 5 nitrogen and oxygen atoms in total. The predicted molar refractivity (Wildman–Crippen MR) is 78.9 cm³/mol. The zero-order chi connectivity index (χ0) is 15.9. The van der Waals surface area contributed by atoms with Crippen molar-refractivity contribution in [1.82, 2.24) is 0 Å². The Balaban J connectivity index is 1.51. The molecule has 0 unspecified atom stereocenters. The molecule has 0 aromatic heterocycles. The van der Waals surface area contributed by atoms with Gasteiger partial charge in [0.1, 0.15) is 6.42 Å². The Morgan fingerprint density at radius 1 is 1.05 bits per heavy atom. The fraction of sp³-hybridized carbons (Fsp3) is 0.882. The van der Waals surface area contributed by atoms with Gasteiger partial charge in [0.2, 0.25) is 5.79 Å². The Labute approximate surface area is 131 Å². The first kappa shape index (κ1) is 15.8. The lowest BCUT2D eigenvalue weighted by Gasteiger charge is -2.54. The number of carboxylic acid groups (broad SMARTS) is 1. The van der Waals surface area contributed by atoms with E-state index in [4.69, 9.17) is 14.6 Å². The van der Waals surface area contributed by atoms with Gasteiger partial charge in [0.05, 0.1) is 6.61 Å². The molecule has 0 saturated heterocycles. The van der Waals surface area contributed by atoms with E-state index >= 15 is 0 Å². The minimum Gasteiger partial charge on any atom is -0.481 e. The van der Waals surface area contributed by atoms with Crippen LogP contribution >= 0.6 is 0 Å².